The van der Waals surface area contributed by atoms with Crippen molar-refractivity contribution >= 4 is 0 Å². The smallest absolute Gasteiger partial charge is 0.232 e. The molecule has 0 aliphatic heterocycles. The second-order valence-electron chi connectivity index (χ2n) is 4.66. The zero-order valence-electron chi connectivity index (χ0n) is 8.52. The Balaban J connectivity index is 1.68. The summed E-state index contributed by atoms with van der Waals surface area (Å²) in [6.45, 7) is 0. The van der Waals surface area contributed by atoms with E-state index in [9.17, 15) is 0 Å². The van der Waals surface area contributed by atoms with Gasteiger partial charge in [0.1, 0.15) is 6.10 Å². The Morgan fingerprint density at radius 1 is 1.43 bits per heavy atom. The van der Waals surface area contributed by atoms with Crippen molar-refractivity contribution in [1.29, 1.82) is 0 Å². The summed E-state index contributed by atoms with van der Waals surface area (Å²) in [7, 11) is 1.92. The molecule has 0 saturated heterocycles. The van der Waals surface area contributed by atoms with Gasteiger partial charge in [0.15, 0.2) is 0 Å². The molecule has 0 aromatic carbocycles. The highest BCUT2D eigenvalue weighted by molar-refractivity contribution is 5.07. The number of aromatic nitrogens is 2. The Morgan fingerprint density at radius 3 is 2.93 bits per heavy atom. The molecule has 2 aliphatic rings. The molecule has 1 aromatic heterocycles. The molecule has 2 bridgehead atoms. The molecule has 3 heteroatoms. The fourth-order valence-corrected chi connectivity index (χ4v) is 2.94. The third-order valence-corrected chi connectivity index (χ3v) is 3.63. The van der Waals surface area contributed by atoms with Crippen LogP contribution in [-0.2, 0) is 7.05 Å². The zero-order chi connectivity index (χ0) is 9.54. The van der Waals surface area contributed by atoms with Crippen LogP contribution in [0.5, 0.6) is 5.88 Å². The number of rotatable bonds is 2. The fourth-order valence-electron chi connectivity index (χ4n) is 2.94. The highest BCUT2D eigenvalue weighted by atomic mass is 16.5. The summed E-state index contributed by atoms with van der Waals surface area (Å²) in [5.74, 6) is 2.54. The van der Waals surface area contributed by atoms with Crippen LogP contribution in [0, 0.1) is 11.8 Å². The van der Waals surface area contributed by atoms with Crippen molar-refractivity contribution in [1.82, 2.24) is 9.78 Å². The Morgan fingerprint density at radius 2 is 2.36 bits per heavy atom. The molecule has 0 N–H and O–H groups in total. The highest BCUT2D eigenvalue weighted by Crippen LogP contribution is 2.45. The van der Waals surface area contributed by atoms with Crippen LogP contribution >= 0.6 is 0 Å². The maximum atomic E-state index is 5.90. The van der Waals surface area contributed by atoms with Gasteiger partial charge in [0.25, 0.3) is 0 Å². The van der Waals surface area contributed by atoms with E-state index in [2.05, 4.69) is 5.10 Å². The van der Waals surface area contributed by atoms with Gasteiger partial charge < -0.3 is 4.74 Å². The molecular weight excluding hydrogens is 176 g/mol. The van der Waals surface area contributed by atoms with Gasteiger partial charge in [-0.05, 0) is 37.5 Å². The molecule has 0 unspecified atom stereocenters. The SMILES string of the molecule is Cn1ccc(O[C@H]2C[C@H]3CC[C@@H]2C3)n1. The average Bonchev–Trinajstić information content (AvgIpc) is 2.82. The van der Waals surface area contributed by atoms with Crippen molar-refractivity contribution in [3.8, 4) is 5.88 Å². The lowest BCUT2D eigenvalue weighted by Gasteiger charge is -2.21. The standard InChI is InChI=1S/C11H16N2O/c1-13-5-4-11(12-13)14-10-7-8-2-3-9(10)6-8/h4-5,8-10H,2-3,6-7H2,1H3/t8-,9+,10-/m0/s1. The van der Waals surface area contributed by atoms with E-state index in [0.29, 0.717) is 6.10 Å². The minimum absolute atomic E-state index is 0.448. The number of ether oxygens (including phenoxy) is 1. The van der Waals surface area contributed by atoms with E-state index in [4.69, 9.17) is 4.74 Å². The molecule has 3 atom stereocenters. The van der Waals surface area contributed by atoms with Gasteiger partial charge in [0.2, 0.25) is 5.88 Å². The van der Waals surface area contributed by atoms with Crippen LogP contribution in [-0.4, -0.2) is 15.9 Å². The molecule has 2 fully saturated rings. The van der Waals surface area contributed by atoms with E-state index in [1.54, 1.807) is 4.68 Å². The molecule has 0 radical (unpaired) electrons. The van der Waals surface area contributed by atoms with Gasteiger partial charge >= 0.3 is 0 Å². The first-order valence-electron chi connectivity index (χ1n) is 5.47. The lowest BCUT2D eigenvalue weighted by molar-refractivity contribution is 0.131. The molecule has 2 aliphatic carbocycles. The van der Waals surface area contributed by atoms with Gasteiger partial charge in [0, 0.05) is 19.3 Å². The minimum atomic E-state index is 0.448. The maximum Gasteiger partial charge on any atom is 0.232 e. The molecule has 0 spiro atoms. The summed E-state index contributed by atoms with van der Waals surface area (Å²) in [6.07, 6.45) is 7.81. The number of hydrogen-bond donors (Lipinski definition) is 0. The predicted molar refractivity (Wildman–Crippen MR) is 53.1 cm³/mol. The summed E-state index contributed by atoms with van der Waals surface area (Å²) in [4.78, 5) is 0. The Labute approximate surface area is 84.1 Å². The van der Waals surface area contributed by atoms with Gasteiger partial charge in [-0.25, -0.2) is 0 Å². The first kappa shape index (κ1) is 8.33. The Hall–Kier alpha value is -0.990. The van der Waals surface area contributed by atoms with E-state index in [0.717, 1.165) is 17.7 Å². The summed E-state index contributed by atoms with van der Waals surface area (Å²) in [5, 5.41) is 4.25. The third-order valence-electron chi connectivity index (χ3n) is 3.63. The topological polar surface area (TPSA) is 27.1 Å². The zero-order valence-corrected chi connectivity index (χ0v) is 8.52. The number of aryl methyl sites for hydroxylation is 1. The van der Waals surface area contributed by atoms with Gasteiger partial charge in [-0.3, -0.25) is 4.68 Å². The second-order valence-corrected chi connectivity index (χ2v) is 4.66. The van der Waals surface area contributed by atoms with E-state index in [1.165, 1.54) is 25.7 Å². The van der Waals surface area contributed by atoms with Crippen LogP contribution < -0.4 is 4.74 Å². The molecule has 1 heterocycles. The molecule has 0 amide bonds. The first-order valence-corrected chi connectivity index (χ1v) is 5.47. The largest absolute Gasteiger partial charge is 0.473 e. The summed E-state index contributed by atoms with van der Waals surface area (Å²) < 4.78 is 7.69. The molecule has 14 heavy (non-hydrogen) atoms. The Kier molecular flexibility index (Phi) is 1.79. The summed E-state index contributed by atoms with van der Waals surface area (Å²) >= 11 is 0. The van der Waals surface area contributed by atoms with Gasteiger partial charge in [-0.2, -0.15) is 0 Å². The molecule has 2 saturated carbocycles. The summed E-state index contributed by atoms with van der Waals surface area (Å²) in [5.41, 5.74) is 0. The third kappa shape index (κ3) is 1.31. The monoisotopic (exact) mass is 192 g/mol. The minimum Gasteiger partial charge on any atom is -0.473 e. The van der Waals surface area contributed by atoms with Crippen molar-refractivity contribution < 1.29 is 4.74 Å². The van der Waals surface area contributed by atoms with Gasteiger partial charge in [0.05, 0.1) is 0 Å². The van der Waals surface area contributed by atoms with E-state index in [1.807, 2.05) is 19.3 Å². The van der Waals surface area contributed by atoms with Gasteiger partial charge in [-0.15, -0.1) is 5.10 Å². The van der Waals surface area contributed by atoms with Crippen molar-refractivity contribution in [2.45, 2.75) is 31.8 Å². The number of nitrogens with zero attached hydrogens (tertiary/aromatic N) is 2. The highest BCUT2D eigenvalue weighted by Gasteiger charge is 2.41. The lowest BCUT2D eigenvalue weighted by Crippen LogP contribution is -2.23. The number of fused-ring (bicyclic) bond motifs is 2. The van der Waals surface area contributed by atoms with Gasteiger partial charge in [-0.1, -0.05) is 0 Å². The van der Waals surface area contributed by atoms with Crippen molar-refractivity contribution in [3.63, 3.8) is 0 Å². The fraction of sp³-hybridized carbons (Fsp3) is 0.727. The second kappa shape index (κ2) is 3.01. The van der Waals surface area contributed by atoms with Crippen LogP contribution in [0.15, 0.2) is 12.3 Å². The van der Waals surface area contributed by atoms with Crippen molar-refractivity contribution in [2.24, 2.45) is 18.9 Å². The summed E-state index contributed by atoms with van der Waals surface area (Å²) in [6, 6.07) is 1.95. The van der Waals surface area contributed by atoms with Crippen LogP contribution in [0.3, 0.4) is 0 Å². The van der Waals surface area contributed by atoms with E-state index >= 15 is 0 Å². The van der Waals surface area contributed by atoms with Crippen LogP contribution in [0.25, 0.3) is 0 Å². The molecular formula is C11H16N2O. The number of hydrogen-bond acceptors (Lipinski definition) is 2. The van der Waals surface area contributed by atoms with Crippen molar-refractivity contribution in [2.75, 3.05) is 0 Å². The molecule has 1 aromatic rings. The maximum absolute atomic E-state index is 5.90. The average molecular weight is 192 g/mol. The predicted octanol–water partition coefficient (Wildman–Crippen LogP) is 1.99. The Bertz CT molecular complexity index is 334. The van der Waals surface area contributed by atoms with Crippen LogP contribution in [0.4, 0.5) is 0 Å². The van der Waals surface area contributed by atoms with E-state index in [-0.39, 0.29) is 0 Å². The molecule has 76 valence electrons. The first-order chi connectivity index (χ1) is 6.81. The quantitative estimate of drug-likeness (QED) is 0.716. The van der Waals surface area contributed by atoms with Crippen molar-refractivity contribution in [3.05, 3.63) is 12.3 Å². The van der Waals surface area contributed by atoms with Crippen LogP contribution in [0.1, 0.15) is 25.7 Å². The van der Waals surface area contributed by atoms with Crippen LogP contribution in [0.2, 0.25) is 0 Å². The molecule has 3 rings (SSSR count). The lowest BCUT2D eigenvalue weighted by atomic mass is 9.98. The molecule has 3 nitrogen and oxygen atoms in total. The van der Waals surface area contributed by atoms with E-state index < -0.39 is 0 Å². The normalized spacial score (nSPS) is 35.1.